The van der Waals surface area contributed by atoms with Gasteiger partial charge in [-0.15, -0.1) is 0 Å². The van der Waals surface area contributed by atoms with E-state index in [0.717, 1.165) is 9.13 Å². The quantitative estimate of drug-likeness (QED) is 0.602. The summed E-state index contributed by atoms with van der Waals surface area (Å²) >= 11 is 8.23. The van der Waals surface area contributed by atoms with Gasteiger partial charge in [-0.1, -0.05) is 23.7 Å². The van der Waals surface area contributed by atoms with E-state index in [1.165, 1.54) is 0 Å². The predicted molar refractivity (Wildman–Crippen MR) is 95.4 cm³/mol. The topological polar surface area (TPSA) is 46.3 Å². The van der Waals surface area contributed by atoms with Crippen LogP contribution in [0.15, 0.2) is 42.5 Å². The van der Waals surface area contributed by atoms with Crippen molar-refractivity contribution in [2.75, 3.05) is 12.3 Å². The molecule has 2 aromatic carbocycles. The minimum absolute atomic E-state index is 0.0294. The molecule has 0 radical (unpaired) electrons. The summed E-state index contributed by atoms with van der Waals surface area (Å²) in [5, 5.41) is 0.599. The van der Waals surface area contributed by atoms with Gasteiger partial charge in [-0.05, 0) is 65.4 Å². The van der Waals surface area contributed by atoms with Gasteiger partial charge in [0.2, 0.25) is 0 Å². The van der Waals surface area contributed by atoms with Crippen LogP contribution in [-0.2, 0) is 6.54 Å². The molecule has 0 aliphatic rings. The van der Waals surface area contributed by atoms with Gasteiger partial charge in [0.1, 0.15) is 0 Å². The number of nitrogens with zero attached hydrogens (tertiary/aromatic N) is 1. The van der Waals surface area contributed by atoms with E-state index in [2.05, 4.69) is 22.6 Å². The van der Waals surface area contributed by atoms with E-state index < -0.39 is 0 Å². The molecule has 1 amide bonds. The molecule has 0 saturated carbocycles. The number of nitrogens with two attached hydrogens (primary N) is 1. The molecule has 0 bridgehead atoms. The van der Waals surface area contributed by atoms with Gasteiger partial charge in [-0.25, -0.2) is 0 Å². The highest BCUT2D eigenvalue weighted by Crippen LogP contribution is 2.21. The molecule has 2 aromatic rings. The first kappa shape index (κ1) is 16.1. The Morgan fingerprint density at radius 1 is 1.29 bits per heavy atom. The molecule has 0 aliphatic carbocycles. The summed E-state index contributed by atoms with van der Waals surface area (Å²) in [6.07, 6.45) is 0. The summed E-state index contributed by atoms with van der Waals surface area (Å²) in [5.41, 5.74) is 8.10. The molecular weight excluding hydrogens is 399 g/mol. The van der Waals surface area contributed by atoms with Crippen molar-refractivity contribution < 1.29 is 4.79 Å². The summed E-state index contributed by atoms with van der Waals surface area (Å²) in [6.45, 7) is 3.11. The molecule has 21 heavy (non-hydrogen) atoms. The lowest BCUT2D eigenvalue weighted by atomic mass is 10.1. The van der Waals surface area contributed by atoms with E-state index in [1.54, 1.807) is 17.0 Å². The van der Waals surface area contributed by atoms with E-state index in [0.29, 0.717) is 29.4 Å². The lowest BCUT2D eigenvalue weighted by Gasteiger charge is -2.21. The van der Waals surface area contributed by atoms with Crippen LogP contribution in [0, 0.1) is 3.57 Å². The maximum atomic E-state index is 12.6. The summed E-state index contributed by atoms with van der Waals surface area (Å²) < 4.78 is 0.935. The molecule has 0 atom stereocenters. The van der Waals surface area contributed by atoms with E-state index in [-0.39, 0.29) is 5.91 Å². The number of amides is 1. The largest absolute Gasteiger partial charge is 0.399 e. The Morgan fingerprint density at radius 2 is 2.05 bits per heavy atom. The van der Waals surface area contributed by atoms with Gasteiger partial charge in [0, 0.05) is 27.9 Å². The van der Waals surface area contributed by atoms with E-state index in [1.807, 2.05) is 37.3 Å². The third-order valence-electron chi connectivity index (χ3n) is 3.16. The smallest absolute Gasteiger partial charge is 0.254 e. The van der Waals surface area contributed by atoms with E-state index in [9.17, 15) is 4.79 Å². The molecule has 0 spiro atoms. The van der Waals surface area contributed by atoms with Crippen molar-refractivity contribution >= 4 is 45.8 Å². The van der Waals surface area contributed by atoms with Crippen molar-refractivity contribution in [3.63, 3.8) is 0 Å². The molecule has 5 heteroatoms. The first-order chi connectivity index (χ1) is 10.0. The average molecular weight is 415 g/mol. The zero-order chi connectivity index (χ0) is 15.4. The van der Waals surface area contributed by atoms with Crippen molar-refractivity contribution in [3.8, 4) is 0 Å². The Labute approximate surface area is 143 Å². The third kappa shape index (κ3) is 4.11. The van der Waals surface area contributed by atoms with Crippen LogP contribution in [0.4, 0.5) is 5.69 Å². The van der Waals surface area contributed by atoms with Gasteiger partial charge in [0.15, 0.2) is 0 Å². The zero-order valence-electron chi connectivity index (χ0n) is 11.6. The summed E-state index contributed by atoms with van der Waals surface area (Å²) in [5.74, 6) is -0.0294. The first-order valence-electron chi connectivity index (χ1n) is 6.60. The molecule has 2 N–H and O–H groups in total. The molecule has 2 rings (SSSR count). The van der Waals surface area contributed by atoms with Gasteiger partial charge >= 0.3 is 0 Å². The molecule has 0 aliphatic heterocycles. The Morgan fingerprint density at radius 3 is 2.67 bits per heavy atom. The molecule has 110 valence electrons. The lowest BCUT2D eigenvalue weighted by Crippen LogP contribution is -2.30. The third-order valence-corrected chi connectivity index (χ3v) is 4.73. The minimum Gasteiger partial charge on any atom is -0.399 e. The number of halogens is 2. The summed E-state index contributed by atoms with van der Waals surface area (Å²) in [6, 6.07) is 12.9. The number of hydrogen-bond acceptors (Lipinski definition) is 2. The van der Waals surface area contributed by atoms with Crippen LogP contribution >= 0.6 is 34.2 Å². The van der Waals surface area contributed by atoms with Crippen molar-refractivity contribution in [1.29, 1.82) is 0 Å². The summed E-state index contributed by atoms with van der Waals surface area (Å²) in [4.78, 5) is 14.3. The number of benzene rings is 2. The first-order valence-corrected chi connectivity index (χ1v) is 8.05. The maximum absolute atomic E-state index is 12.6. The number of rotatable bonds is 4. The molecule has 0 unspecified atom stereocenters. The standard InChI is InChI=1S/C16H16ClIN2O/c1-2-20(10-11-4-3-5-13(19)8-11)16(21)12-6-7-15(18)14(17)9-12/h3-9H,2,10,19H2,1H3. The van der Waals surface area contributed by atoms with Crippen molar-refractivity contribution in [2.45, 2.75) is 13.5 Å². The molecule has 0 aromatic heterocycles. The van der Waals surface area contributed by atoms with Gasteiger partial charge in [0.05, 0.1) is 5.02 Å². The van der Waals surface area contributed by atoms with Gasteiger partial charge in [-0.2, -0.15) is 0 Å². The van der Waals surface area contributed by atoms with Gasteiger partial charge in [0.25, 0.3) is 5.91 Å². The maximum Gasteiger partial charge on any atom is 0.254 e. The number of anilines is 1. The Balaban J connectivity index is 2.20. The normalized spacial score (nSPS) is 10.4. The number of hydrogen-bond donors (Lipinski definition) is 1. The fourth-order valence-corrected chi connectivity index (χ4v) is 2.57. The molecule has 0 fully saturated rings. The Kier molecular flexibility index (Phi) is 5.47. The second-order valence-electron chi connectivity index (χ2n) is 4.69. The van der Waals surface area contributed by atoms with Crippen LogP contribution in [0.25, 0.3) is 0 Å². The second kappa shape index (κ2) is 7.13. The van der Waals surface area contributed by atoms with E-state index in [4.69, 9.17) is 17.3 Å². The van der Waals surface area contributed by atoms with Crippen LogP contribution in [0.5, 0.6) is 0 Å². The molecular formula is C16H16ClIN2O. The Bertz CT molecular complexity index is 660. The highest BCUT2D eigenvalue weighted by molar-refractivity contribution is 14.1. The minimum atomic E-state index is -0.0294. The molecule has 0 heterocycles. The highest BCUT2D eigenvalue weighted by Gasteiger charge is 2.15. The number of carbonyl (C=O) groups excluding carboxylic acids is 1. The van der Waals surface area contributed by atoms with Crippen molar-refractivity contribution in [1.82, 2.24) is 4.90 Å². The fourth-order valence-electron chi connectivity index (χ4n) is 2.05. The predicted octanol–water partition coefficient (Wildman–Crippen LogP) is 4.19. The van der Waals surface area contributed by atoms with Crippen LogP contribution in [0.3, 0.4) is 0 Å². The van der Waals surface area contributed by atoms with Crippen molar-refractivity contribution in [3.05, 3.63) is 62.2 Å². The van der Waals surface area contributed by atoms with Gasteiger partial charge in [-0.3, -0.25) is 4.79 Å². The molecule has 3 nitrogen and oxygen atoms in total. The highest BCUT2D eigenvalue weighted by atomic mass is 127. The second-order valence-corrected chi connectivity index (χ2v) is 6.26. The Hall–Kier alpha value is -1.27. The van der Waals surface area contributed by atoms with Crippen LogP contribution in [-0.4, -0.2) is 17.4 Å². The van der Waals surface area contributed by atoms with E-state index >= 15 is 0 Å². The van der Waals surface area contributed by atoms with Crippen LogP contribution < -0.4 is 5.73 Å². The zero-order valence-corrected chi connectivity index (χ0v) is 14.6. The van der Waals surface area contributed by atoms with Crippen LogP contribution in [0.2, 0.25) is 5.02 Å². The van der Waals surface area contributed by atoms with Gasteiger partial charge < -0.3 is 10.6 Å². The average Bonchev–Trinajstić information content (AvgIpc) is 2.47. The number of nitrogen functional groups attached to an aromatic ring is 1. The monoisotopic (exact) mass is 414 g/mol. The number of carbonyl (C=O) groups is 1. The fraction of sp³-hybridized carbons (Fsp3) is 0.188. The van der Waals surface area contributed by atoms with Crippen LogP contribution in [0.1, 0.15) is 22.8 Å². The lowest BCUT2D eigenvalue weighted by molar-refractivity contribution is 0.0752. The molecule has 0 saturated heterocycles. The van der Waals surface area contributed by atoms with Crippen molar-refractivity contribution in [2.24, 2.45) is 0 Å². The SMILES string of the molecule is CCN(Cc1cccc(N)c1)C(=O)c1ccc(I)c(Cl)c1. The summed E-state index contributed by atoms with van der Waals surface area (Å²) in [7, 11) is 0.